The van der Waals surface area contributed by atoms with Crippen molar-refractivity contribution < 1.29 is 10.2 Å². The van der Waals surface area contributed by atoms with Crippen LogP contribution in [0, 0.1) is 6.92 Å². The summed E-state index contributed by atoms with van der Waals surface area (Å²) >= 11 is 0. The summed E-state index contributed by atoms with van der Waals surface area (Å²) in [6.45, 7) is 1.81. The van der Waals surface area contributed by atoms with Crippen molar-refractivity contribution in [2.45, 2.75) is 6.92 Å². The van der Waals surface area contributed by atoms with Gasteiger partial charge in [0.1, 0.15) is 11.5 Å². The maximum Gasteiger partial charge on any atom is 0.260 e. The van der Waals surface area contributed by atoms with Crippen molar-refractivity contribution in [2.75, 3.05) is 0 Å². The van der Waals surface area contributed by atoms with Crippen LogP contribution >= 0.6 is 0 Å². The largest absolute Gasteiger partial charge is 0.508 e. The zero-order valence-electron chi connectivity index (χ0n) is 9.69. The molecule has 0 radical (unpaired) electrons. The molecule has 0 saturated heterocycles. The van der Waals surface area contributed by atoms with E-state index in [9.17, 15) is 15.0 Å². The summed E-state index contributed by atoms with van der Waals surface area (Å²) in [5.41, 5.74) is 1.13. The third-order valence-electron chi connectivity index (χ3n) is 3.12. The number of phenolic OH excluding ortho intramolecular Hbond substituents is 2. The lowest BCUT2D eigenvalue weighted by atomic mass is 10.0. The standard InChI is InChI=1S/C14H11NO3/c1-7-5-8(16)6-10-9-3-2-4-11(17)12(9)14(18)15-13(7)10/h2-6,16-17H,1H3,(H,15,18). The summed E-state index contributed by atoms with van der Waals surface area (Å²) in [7, 11) is 0. The quantitative estimate of drug-likeness (QED) is 0.529. The van der Waals surface area contributed by atoms with E-state index in [1.165, 1.54) is 6.07 Å². The molecule has 0 bridgehead atoms. The molecule has 18 heavy (non-hydrogen) atoms. The minimum atomic E-state index is -0.329. The number of aromatic hydroxyl groups is 2. The van der Waals surface area contributed by atoms with Crippen LogP contribution in [0.3, 0.4) is 0 Å². The highest BCUT2D eigenvalue weighted by Gasteiger charge is 2.10. The van der Waals surface area contributed by atoms with Crippen molar-refractivity contribution in [1.29, 1.82) is 0 Å². The average molecular weight is 241 g/mol. The summed E-state index contributed by atoms with van der Waals surface area (Å²) in [4.78, 5) is 14.7. The van der Waals surface area contributed by atoms with E-state index >= 15 is 0 Å². The highest BCUT2D eigenvalue weighted by Crippen LogP contribution is 2.30. The van der Waals surface area contributed by atoms with Crippen molar-refractivity contribution in [1.82, 2.24) is 4.98 Å². The van der Waals surface area contributed by atoms with Gasteiger partial charge < -0.3 is 15.2 Å². The highest BCUT2D eigenvalue weighted by atomic mass is 16.3. The first-order valence-electron chi connectivity index (χ1n) is 5.55. The first-order valence-corrected chi connectivity index (χ1v) is 5.55. The summed E-state index contributed by atoms with van der Waals surface area (Å²) < 4.78 is 0. The molecule has 3 aromatic rings. The summed E-state index contributed by atoms with van der Waals surface area (Å²) in [5.74, 6) is 0.0772. The molecule has 3 rings (SSSR count). The number of aryl methyl sites for hydroxylation is 1. The zero-order valence-corrected chi connectivity index (χ0v) is 9.69. The molecule has 0 aliphatic rings. The van der Waals surface area contributed by atoms with Gasteiger partial charge in [-0.2, -0.15) is 0 Å². The lowest BCUT2D eigenvalue weighted by molar-refractivity contribution is 0.475. The number of H-pyrrole nitrogens is 1. The maximum absolute atomic E-state index is 12.0. The van der Waals surface area contributed by atoms with Crippen molar-refractivity contribution in [3.63, 3.8) is 0 Å². The van der Waals surface area contributed by atoms with Gasteiger partial charge in [0.25, 0.3) is 5.56 Å². The van der Waals surface area contributed by atoms with E-state index in [-0.39, 0.29) is 22.4 Å². The fourth-order valence-electron chi connectivity index (χ4n) is 2.33. The molecule has 0 fully saturated rings. The zero-order chi connectivity index (χ0) is 12.9. The molecular formula is C14H11NO3. The van der Waals surface area contributed by atoms with Gasteiger partial charge in [-0.25, -0.2) is 0 Å². The molecule has 4 heteroatoms. The monoisotopic (exact) mass is 241 g/mol. The normalized spacial score (nSPS) is 11.2. The second-order valence-corrected chi connectivity index (χ2v) is 4.34. The van der Waals surface area contributed by atoms with Crippen LogP contribution in [0.1, 0.15) is 5.56 Å². The molecule has 3 N–H and O–H groups in total. The Bertz CT molecular complexity index is 834. The van der Waals surface area contributed by atoms with Crippen LogP contribution in [-0.4, -0.2) is 15.2 Å². The van der Waals surface area contributed by atoms with E-state index in [4.69, 9.17) is 0 Å². The predicted octanol–water partition coefficient (Wildman–Crippen LogP) is 2.40. The number of nitrogens with one attached hydrogen (secondary N) is 1. The van der Waals surface area contributed by atoms with Gasteiger partial charge in [-0.1, -0.05) is 12.1 Å². The third-order valence-corrected chi connectivity index (χ3v) is 3.12. The number of hydrogen-bond donors (Lipinski definition) is 3. The smallest absolute Gasteiger partial charge is 0.260 e. The van der Waals surface area contributed by atoms with Crippen LogP contribution in [0.5, 0.6) is 11.5 Å². The number of fused-ring (bicyclic) bond motifs is 3. The van der Waals surface area contributed by atoms with Gasteiger partial charge >= 0.3 is 0 Å². The Morgan fingerprint density at radius 1 is 1.11 bits per heavy atom. The fourth-order valence-corrected chi connectivity index (χ4v) is 2.33. The molecule has 1 heterocycles. The van der Waals surface area contributed by atoms with Crippen LogP contribution in [0.25, 0.3) is 21.7 Å². The molecule has 0 aliphatic heterocycles. The second kappa shape index (κ2) is 3.50. The Labute approximate surface area is 102 Å². The predicted molar refractivity (Wildman–Crippen MR) is 70.1 cm³/mol. The van der Waals surface area contributed by atoms with Gasteiger partial charge in [-0.15, -0.1) is 0 Å². The van der Waals surface area contributed by atoms with Gasteiger partial charge in [0.15, 0.2) is 0 Å². The number of aromatic amines is 1. The molecule has 90 valence electrons. The fraction of sp³-hybridized carbons (Fsp3) is 0.0714. The second-order valence-electron chi connectivity index (χ2n) is 4.34. The summed E-state index contributed by atoms with van der Waals surface area (Å²) in [6.07, 6.45) is 0. The minimum Gasteiger partial charge on any atom is -0.508 e. The Morgan fingerprint density at radius 2 is 1.89 bits per heavy atom. The number of phenols is 2. The minimum absolute atomic E-state index is 0.0587. The van der Waals surface area contributed by atoms with Crippen molar-refractivity contribution in [2.24, 2.45) is 0 Å². The number of aromatic nitrogens is 1. The number of hydrogen-bond acceptors (Lipinski definition) is 3. The molecule has 0 amide bonds. The summed E-state index contributed by atoms with van der Waals surface area (Å²) in [6, 6.07) is 8.08. The van der Waals surface area contributed by atoms with E-state index in [1.54, 1.807) is 24.3 Å². The number of benzene rings is 2. The van der Waals surface area contributed by atoms with Crippen molar-refractivity contribution in [3.05, 3.63) is 46.2 Å². The van der Waals surface area contributed by atoms with E-state index in [1.807, 2.05) is 6.92 Å². The molecule has 0 atom stereocenters. The Morgan fingerprint density at radius 3 is 2.67 bits per heavy atom. The molecule has 0 spiro atoms. The topological polar surface area (TPSA) is 73.3 Å². The Kier molecular flexibility index (Phi) is 2.07. The van der Waals surface area contributed by atoms with Crippen LogP contribution < -0.4 is 5.56 Å². The van der Waals surface area contributed by atoms with Crippen LogP contribution in [0.2, 0.25) is 0 Å². The molecule has 2 aromatic carbocycles. The van der Waals surface area contributed by atoms with Crippen molar-refractivity contribution >= 4 is 21.7 Å². The van der Waals surface area contributed by atoms with Gasteiger partial charge in [0.05, 0.1) is 10.9 Å². The summed E-state index contributed by atoms with van der Waals surface area (Å²) in [5, 5.41) is 21.0. The number of rotatable bonds is 0. The molecular weight excluding hydrogens is 230 g/mol. The molecule has 4 nitrogen and oxygen atoms in total. The van der Waals surface area contributed by atoms with Gasteiger partial charge in [0.2, 0.25) is 0 Å². The first kappa shape index (κ1) is 10.7. The Balaban J connectivity index is 2.70. The van der Waals surface area contributed by atoms with Gasteiger partial charge in [-0.3, -0.25) is 4.79 Å². The molecule has 0 saturated carbocycles. The van der Waals surface area contributed by atoms with Crippen LogP contribution in [-0.2, 0) is 0 Å². The molecule has 1 aromatic heterocycles. The SMILES string of the molecule is Cc1cc(O)cc2c1[nH]c(=O)c1c(O)cccc12. The van der Waals surface area contributed by atoms with Crippen LogP contribution in [0.15, 0.2) is 35.1 Å². The van der Waals surface area contributed by atoms with E-state index in [0.29, 0.717) is 10.9 Å². The third kappa shape index (κ3) is 1.35. The molecule has 0 unspecified atom stereocenters. The lowest BCUT2D eigenvalue weighted by Gasteiger charge is -2.07. The van der Waals surface area contributed by atoms with Crippen molar-refractivity contribution in [3.8, 4) is 11.5 Å². The Hall–Kier alpha value is -2.49. The lowest BCUT2D eigenvalue weighted by Crippen LogP contribution is -2.07. The average Bonchev–Trinajstić information content (AvgIpc) is 2.31. The van der Waals surface area contributed by atoms with E-state index in [0.717, 1.165) is 10.9 Å². The first-order chi connectivity index (χ1) is 8.58. The number of pyridine rings is 1. The van der Waals surface area contributed by atoms with Gasteiger partial charge in [-0.05, 0) is 30.7 Å². The maximum atomic E-state index is 12.0. The van der Waals surface area contributed by atoms with Gasteiger partial charge in [0, 0.05) is 10.8 Å². The van der Waals surface area contributed by atoms with Crippen LogP contribution in [0.4, 0.5) is 0 Å². The highest BCUT2D eigenvalue weighted by molar-refractivity contribution is 6.08. The van der Waals surface area contributed by atoms with E-state index in [2.05, 4.69) is 4.98 Å². The molecule has 0 aliphatic carbocycles. The van der Waals surface area contributed by atoms with E-state index < -0.39 is 0 Å².